The predicted octanol–water partition coefficient (Wildman–Crippen LogP) is 3.23. The number of benzene rings is 2. The van der Waals surface area contributed by atoms with Gasteiger partial charge in [-0.15, -0.1) is 0 Å². The van der Waals surface area contributed by atoms with Crippen molar-refractivity contribution in [2.24, 2.45) is 0 Å². The van der Waals surface area contributed by atoms with Crippen molar-refractivity contribution in [3.05, 3.63) is 54.1 Å². The maximum Gasteiger partial charge on any atom is 0.220 e. The topological polar surface area (TPSA) is 49.6 Å². The molecule has 0 radical (unpaired) electrons. The minimum absolute atomic E-state index is 0.311. The predicted molar refractivity (Wildman–Crippen MR) is 117 cm³/mol. The van der Waals surface area contributed by atoms with Crippen LogP contribution in [0.25, 0.3) is 0 Å². The molecule has 1 aliphatic heterocycles. The molecule has 0 saturated carbocycles. The Morgan fingerprint density at radius 3 is 2.48 bits per heavy atom. The summed E-state index contributed by atoms with van der Waals surface area (Å²) >= 11 is 0. The van der Waals surface area contributed by atoms with Gasteiger partial charge in [0, 0.05) is 43.6 Å². The maximum atomic E-state index is 13.0. The Balaban J connectivity index is 1.63. The van der Waals surface area contributed by atoms with Gasteiger partial charge in [-0.25, -0.2) is 0 Å². The largest absolute Gasteiger partial charge is 0.399 e. The quantitative estimate of drug-likeness (QED) is 0.653. The molecular weight excluding hydrogens is 350 g/mol. The van der Waals surface area contributed by atoms with Gasteiger partial charge < -0.3 is 15.5 Å². The lowest BCUT2D eigenvalue weighted by molar-refractivity contribution is -0.128. The van der Waals surface area contributed by atoms with Crippen LogP contribution in [0.1, 0.15) is 12.0 Å². The molecule has 1 saturated heterocycles. The summed E-state index contributed by atoms with van der Waals surface area (Å²) in [4.78, 5) is 17.5. The Morgan fingerprint density at radius 2 is 1.78 bits per heavy atom. The fourth-order valence-electron chi connectivity index (χ4n) is 3.76. The second kappa shape index (κ2) is 8.17. The average molecular weight is 382 g/mol. The molecule has 1 fully saturated rings. The zero-order chi connectivity index (χ0) is 19.4. The van der Waals surface area contributed by atoms with E-state index in [2.05, 4.69) is 59.3 Å². The Labute approximate surface area is 164 Å². The molecule has 4 nitrogen and oxygen atoms in total. The van der Waals surface area contributed by atoms with Crippen LogP contribution in [0, 0.1) is 6.92 Å². The Morgan fingerprint density at radius 1 is 1.04 bits per heavy atom. The van der Waals surface area contributed by atoms with E-state index in [4.69, 9.17) is 5.73 Å². The van der Waals surface area contributed by atoms with Gasteiger partial charge in [-0.05, 0) is 37.1 Å². The number of nitrogens with two attached hydrogens (primary N) is 1. The van der Waals surface area contributed by atoms with Crippen LogP contribution < -0.4 is 15.8 Å². The summed E-state index contributed by atoms with van der Waals surface area (Å²) in [6.07, 6.45) is 1.00. The molecule has 144 valence electrons. The van der Waals surface area contributed by atoms with Crippen LogP contribution in [0.15, 0.2) is 48.5 Å². The number of carbonyl (C=O) groups is 1. The highest BCUT2D eigenvalue weighted by atomic mass is 28.3. The second-order valence-corrected chi connectivity index (χ2v) is 12.9. The number of hydrogen-bond acceptors (Lipinski definition) is 3. The first kappa shape index (κ1) is 19.5. The van der Waals surface area contributed by atoms with Crippen molar-refractivity contribution < 1.29 is 4.79 Å². The Hall–Kier alpha value is -2.27. The molecular formula is C22H31N3OSi. The molecule has 1 heterocycles. The van der Waals surface area contributed by atoms with Crippen molar-refractivity contribution in [1.82, 2.24) is 4.90 Å². The first-order valence-electron chi connectivity index (χ1n) is 9.81. The molecule has 2 aromatic rings. The number of nitrogens with zero attached hydrogens (tertiary/aromatic N) is 2. The van der Waals surface area contributed by atoms with E-state index in [0.717, 1.165) is 43.9 Å². The van der Waals surface area contributed by atoms with Crippen LogP contribution >= 0.6 is 0 Å². The van der Waals surface area contributed by atoms with Gasteiger partial charge in [0.15, 0.2) is 0 Å². The molecule has 2 N–H and O–H groups in total. The van der Waals surface area contributed by atoms with Gasteiger partial charge >= 0.3 is 0 Å². The fourth-order valence-corrected chi connectivity index (χ4v) is 6.04. The van der Waals surface area contributed by atoms with Crippen LogP contribution in [-0.4, -0.2) is 45.1 Å². The molecule has 5 heteroatoms. The average Bonchev–Trinajstić information content (AvgIpc) is 2.91. The molecule has 0 aromatic heterocycles. The number of rotatable bonds is 4. The summed E-state index contributed by atoms with van der Waals surface area (Å²) in [6, 6.07) is 17.4. The summed E-state index contributed by atoms with van der Waals surface area (Å²) in [6.45, 7) is 10.1. The molecule has 0 unspecified atom stereocenters. The first-order valence-corrected chi connectivity index (χ1v) is 13.0. The van der Waals surface area contributed by atoms with E-state index in [1.165, 1.54) is 10.9 Å². The number of aryl methyl sites for hydroxylation is 1. The van der Waals surface area contributed by atoms with Crippen LogP contribution in [0.3, 0.4) is 0 Å². The number of nitrogen functional groups attached to an aromatic ring is 1. The zero-order valence-corrected chi connectivity index (χ0v) is 17.7. The molecule has 0 aliphatic carbocycles. The third-order valence-corrected chi connectivity index (χ3v) is 8.70. The van der Waals surface area contributed by atoms with Gasteiger partial charge in [0.25, 0.3) is 0 Å². The maximum absolute atomic E-state index is 13.0. The van der Waals surface area contributed by atoms with Crippen LogP contribution in [0.5, 0.6) is 0 Å². The van der Waals surface area contributed by atoms with E-state index in [1.54, 1.807) is 0 Å². The lowest BCUT2D eigenvalue weighted by atomic mass is 10.1. The van der Waals surface area contributed by atoms with Crippen LogP contribution in [0.4, 0.5) is 11.4 Å². The van der Waals surface area contributed by atoms with Gasteiger partial charge in [0.1, 0.15) is 0 Å². The summed E-state index contributed by atoms with van der Waals surface area (Å²) in [5.74, 6) is 0.311. The van der Waals surface area contributed by atoms with Crippen molar-refractivity contribution in [2.45, 2.75) is 32.5 Å². The monoisotopic (exact) mass is 381 g/mol. The van der Waals surface area contributed by atoms with Gasteiger partial charge in [0.05, 0.1) is 8.07 Å². The minimum atomic E-state index is -1.76. The molecule has 0 bridgehead atoms. The number of anilines is 2. The van der Waals surface area contributed by atoms with Crippen molar-refractivity contribution in [1.29, 1.82) is 0 Å². The van der Waals surface area contributed by atoms with Crippen molar-refractivity contribution in [2.75, 3.05) is 36.8 Å². The normalized spacial score (nSPS) is 15.5. The number of carbonyl (C=O) groups excluding carboxylic acids is 1. The van der Waals surface area contributed by atoms with Gasteiger partial charge in [0.2, 0.25) is 5.91 Å². The van der Waals surface area contributed by atoms with E-state index >= 15 is 0 Å². The molecule has 27 heavy (non-hydrogen) atoms. The van der Waals surface area contributed by atoms with E-state index < -0.39 is 8.07 Å². The van der Waals surface area contributed by atoms with Crippen molar-refractivity contribution in [3.63, 3.8) is 0 Å². The molecule has 2 aromatic carbocycles. The Kier molecular flexibility index (Phi) is 5.90. The summed E-state index contributed by atoms with van der Waals surface area (Å²) in [7, 11) is -1.76. The van der Waals surface area contributed by atoms with Crippen LogP contribution in [-0.2, 0) is 4.79 Å². The first-order chi connectivity index (χ1) is 12.9. The molecule has 0 atom stereocenters. The highest BCUT2D eigenvalue weighted by Crippen LogP contribution is 2.22. The Bertz CT molecular complexity index is 791. The highest BCUT2D eigenvalue weighted by Gasteiger charge is 2.29. The lowest BCUT2D eigenvalue weighted by Gasteiger charge is -2.28. The number of hydrogen-bond donors (Lipinski definition) is 1. The number of amides is 1. The second-order valence-electron chi connectivity index (χ2n) is 8.19. The SMILES string of the molecule is Cc1cc(N2CCCN(C(=O)C[Si](C)(C)c3ccccc3)CC2)ccc1N. The van der Waals surface area contributed by atoms with E-state index in [-0.39, 0.29) is 0 Å². The summed E-state index contributed by atoms with van der Waals surface area (Å²) in [5, 5.41) is 1.35. The van der Waals surface area contributed by atoms with Crippen molar-refractivity contribution in [3.8, 4) is 0 Å². The third-order valence-electron chi connectivity index (χ3n) is 5.62. The lowest BCUT2D eigenvalue weighted by Crippen LogP contribution is -2.47. The fraction of sp³-hybridized carbons (Fsp3) is 0.409. The van der Waals surface area contributed by atoms with Gasteiger partial charge in [-0.2, -0.15) is 0 Å². The van der Waals surface area contributed by atoms with E-state index in [0.29, 0.717) is 12.0 Å². The zero-order valence-electron chi connectivity index (χ0n) is 16.7. The van der Waals surface area contributed by atoms with E-state index in [1.807, 2.05) is 19.1 Å². The van der Waals surface area contributed by atoms with Crippen LogP contribution in [0.2, 0.25) is 19.1 Å². The molecule has 3 rings (SSSR count). The van der Waals surface area contributed by atoms with Crippen molar-refractivity contribution >= 4 is 30.5 Å². The standard InChI is InChI=1S/C22H31N3OSi/c1-18-16-19(10-11-21(18)23)24-12-7-13-25(15-14-24)22(26)17-27(2,3)20-8-5-4-6-9-20/h4-6,8-11,16H,7,12-15,17,23H2,1-3H3. The summed E-state index contributed by atoms with van der Waals surface area (Å²) in [5.41, 5.74) is 9.10. The molecule has 1 aliphatic rings. The molecule has 1 amide bonds. The minimum Gasteiger partial charge on any atom is -0.399 e. The summed E-state index contributed by atoms with van der Waals surface area (Å²) < 4.78 is 0. The van der Waals surface area contributed by atoms with E-state index in [9.17, 15) is 4.79 Å². The smallest absolute Gasteiger partial charge is 0.220 e. The molecule has 0 spiro atoms. The van der Waals surface area contributed by atoms with Gasteiger partial charge in [-0.1, -0.05) is 48.6 Å². The van der Waals surface area contributed by atoms with Gasteiger partial charge in [-0.3, -0.25) is 4.79 Å². The highest BCUT2D eigenvalue weighted by molar-refractivity contribution is 6.91. The third kappa shape index (κ3) is 4.72.